The summed E-state index contributed by atoms with van der Waals surface area (Å²) in [5.74, 6) is -0.609. The number of aliphatic hydroxyl groups is 1. The number of carbonyl (C=O) groups is 1. The topological polar surface area (TPSA) is 92.5 Å². The molecule has 1 aromatic rings. The first-order valence-electron chi connectivity index (χ1n) is 5.77. The fourth-order valence-electron chi connectivity index (χ4n) is 1.51. The van der Waals surface area contributed by atoms with Gasteiger partial charge < -0.3 is 10.4 Å². The molecule has 0 radical (unpaired) electrons. The largest absolute Gasteiger partial charge is 0.394 e. The third-order valence-corrected chi connectivity index (χ3v) is 2.93. The summed E-state index contributed by atoms with van der Waals surface area (Å²) in [7, 11) is 0. The van der Waals surface area contributed by atoms with Crippen molar-refractivity contribution >= 4 is 34.8 Å². The Balaban J connectivity index is 2.69. The lowest BCUT2D eigenvalue weighted by atomic mass is 10.1. The van der Waals surface area contributed by atoms with Gasteiger partial charge in [-0.25, -0.2) is 0 Å². The predicted molar refractivity (Wildman–Crippen MR) is 75.9 cm³/mol. The molecular formula is C12H14Cl2N2O4. The zero-order valence-electron chi connectivity index (χ0n) is 10.7. The molecule has 0 fully saturated rings. The quantitative estimate of drug-likeness (QED) is 0.475. The summed E-state index contributed by atoms with van der Waals surface area (Å²) in [4.78, 5) is 21.6. The van der Waals surface area contributed by atoms with Crippen LogP contribution in [0.2, 0.25) is 0 Å². The second kappa shape index (κ2) is 6.88. The molecule has 1 unspecified atom stereocenters. The Bertz CT molecular complexity index is 485. The van der Waals surface area contributed by atoms with Gasteiger partial charge in [-0.2, -0.15) is 0 Å². The first kappa shape index (κ1) is 16.7. The molecular weight excluding hydrogens is 307 g/mol. The number of halogens is 2. The van der Waals surface area contributed by atoms with E-state index in [1.54, 1.807) is 12.1 Å². The number of rotatable bonds is 6. The summed E-state index contributed by atoms with van der Waals surface area (Å²) < 4.78 is -1.58. The SMILES string of the molecule is CC(Cl)(Cl)C(=O)NC(CO)Cc1ccc([N+](=O)[O-])cc1. The lowest BCUT2D eigenvalue weighted by Gasteiger charge is -2.20. The van der Waals surface area contributed by atoms with Crippen LogP contribution in [0.15, 0.2) is 24.3 Å². The Labute approximate surface area is 125 Å². The van der Waals surface area contributed by atoms with E-state index in [4.69, 9.17) is 23.2 Å². The number of nitro benzene ring substituents is 1. The van der Waals surface area contributed by atoms with Crippen molar-refractivity contribution in [2.45, 2.75) is 23.7 Å². The van der Waals surface area contributed by atoms with Crippen LogP contribution < -0.4 is 5.32 Å². The molecule has 0 spiro atoms. The van der Waals surface area contributed by atoms with Crippen molar-refractivity contribution < 1.29 is 14.8 Å². The lowest BCUT2D eigenvalue weighted by Crippen LogP contribution is -2.45. The number of nitrogens with zero attached hydrogens (tertiary/aromatic N) is 1. The van der Waals surface area contributed by atoms with Crippen molar-refractivity contribution in [1.29, 1.82) is 0 Å². The highest BCUT2D eigenvalue weighted by Gasteiger charge is 2.29. The fourth-order valence-corrected chi connectivity index (χ4v) is 1.62. The summed E-state index contributed by atoms with van der Waals surface area (Å²) in [6.45, 7) is 1.03. The van der Waals surface area contributed by atoms with Gasteiger partial charge in [-0.05, 0) is 18.9 Å². The molecule has 6 nitrogen and oxygen atoms in total. The zero-order valence-corrected chi connectivity index (χ0v) is 12.2. The standard InChI is InChI=1S/C12H14Cl2N2O4/c1-12(13,14)11(18)15-9(7-17)6-8-2-4-10(5-3-8)16(19)20/h2-5,9,17H,6-7H2,1H3,(H,15,18). The van der Waals surface area contributed by atoms with E-state index in [1.807, 2.05) is 0 Å². The van der Waals surface area contributed by atoms with Gasteiger partial charge in [-0.3, -0.25) is 14.9 Å². The van der Waals surface area contributed by atoms with E-state index in [0.717, 1.165) is 5.56 Å². The molecule has 1 rings (SSSR count). The second-order valence-corrected chi connectivity index (χ2v) is 6.07. The maximum absolute atomic E-state index is 11.6. The summed E-state index contributed by atoms with van der Waals surface area (Å²) in [5.41, 5.74) is 0.716. The molecule has 0 bridgehead atoms. The van der Waals surface area contributed by atoms with E-state index in [1.165, 1.54) is 19.1 Å². The number of amides is 1. The summed E-state index contributed by atoms with van der Waals surface area (Å²) in [6, 6.07) is 5.28. The first-order chi connectivity index (χ1) is 9.24. The molecule has 0 aromatic heterocycles. The van der Waals surface area contributed by atoms with Crippen LogP contribution in [-0.4, -0.2) is 32.9 Å². The molecule has 1 amide bonds. The number of carbonyl (C=O) groups excluding carboxylic acids is 1. The molecule has 110 valence electrons. The number of nitro groups is 1. The second-order valence-electron chi connectivity index (χ2n) is 4.37. The van der Waals surface area contributed by atoms with Gasteiger partial charge >= 0.3 is 0 Å². The minimum absolute atomic E-state index is 0.0209. The molecule has 0 aliphatic rings. The number of hydrogen-bond donors (Lipinski definition) is 2. The number of aliphatic hydroxyl groups excluding tert-OH is 1. The van der Waals surface area contributed by atoms with Crippen LogP contribution in [-0.2, 0) is 11.2 Å². The van der Waals surface area contributed by atoms with E-state index < -0.39 is 21.2 Å². The van der Waals surface area contributed by atoms with E-state index >= 15 is 0 Å². The average molecular weight is 321 g/mol. The molecule has 0 saturated heterocycles. The highest BCUT2D eigenvalue weighted by atomic mass is 35.5. The minimum atomic E-state index is -1.58. The molecule has 0 aliphatic carbocycles. The number of alkyl halides is 2. The van der Waals surface area contributed by atoms with Crippen LogP contribution in [0, 0.1) is 10.1 Å². The van der Waals surface area contributed by atoms with E-state index in [2.05, 4.69) is 5.32 Å². The van der Waals surface area contributed by atoms with Crippen molar-refractivity contribution in [2.75, 3.05) is 6.61 Å². The first-order valence-corrected chi connectivity index (χ1v) is 6.52. The van der Waals surface area contributed by atoms with Crippen LogP contribution >= 0.6 is 23.2 Å². The average Bonchev–Trinajstić information content (AvgIpc) is 2.37. The normalized spacial score (nSPS) is 12.8. The zero-order chi connectivity index (χ0) is 15.3. The van der Waals surface area contributed by atoms with E-state index in [9.17, 15) is 20.0 Å². The third-order valence-electron chi connectivity index (χ3n) is 2.58. The van der Waals surface area contributed by atoms with Crippen LogP contribution in [0.1, 0.15) is 12.5 Å². The Hall–Kier alpha value is -1.37. The number of nitrogens with one attached hydrogen (secondary N) is 1. The Kier molecular flexibility index (Phi) is 5.74. The Morgan fingerprint density at radius 3 is 2.40 bits per heavy atom. The fraction of sp³-hybridized carbons (Fsp3) is 0.417. The molecule has 8 heteroatoms. The van der Waals surface area contributed by atoms with Gasteiger partial charge in [0.25, 0.3) is 11.6 Å². The van der Waals surface area contributed by atoms with Crippen molar-refractivity contribution in [3.8, 4) is 0 Å². The van der Waals surface area contributed by atoms with E-state index in [-0.39, 0.29) is 12.3 Å². The van der Waals surface area contributed by atoms with Crippen molar-refractivity contribution in [1.82, 2.24) is 5.32 Å². The molecule has 0 saturated carbocycles. The molecule has 0 heterocycles. The van der Waals surface area contributed by atoms with Gasteiger partial charge in [-0.1, -0.05) is 35.3 Å². The number of hydrogen-bond acceptors (Lipinski definition) is 4. The molecule has 0 aliphatic heterocycles. The molecule has 1 atom stereocenters. The van der Waals surface area contributed by atoms with Crippen molar-refractivity contribution in [3.05, 3.63) is 39.9 Å². The summed E-state index contributed by atoms with van der Waals surface area (Å²) >= 11 is 11.3. The minimum Gasteiger partial charge on any atom is -0.394 e. The lowest BCUT2D eigenvalue weighted by molar-refractivity contribution is -0.384. The van der Waals surface area contributed by atoms with Gasteiger partial charge in [0.15, 0.2) is 4.33 Å². The van der Waals surface area contributed by atoms with Crippen molar-refractivity contribution in [2.24, 2.45) is 0 Å². The van der Waals surface area contributed by atoms with Gasteiger partial charge in [0, 0.05) is 12.1 Å². The van der Waals surface area contributed by atoms with Crippen LogP contribution in [0.5, 0.6) is 0 Å². The third kappa shape index (κ3) is 4.96. The molecule has 1 aromatic carbocycles. The van der Waals surface area contributed by atoms with Gasteiger partial charge in [0.1, 0.15) is 0 Å². The summed E-state index contributed by atoms with van der Waals surface area (Å²) in [5, 5.41) is 22.3. The Morgan fingerprint density at radius 1 is 1.45 bits per heavy atom. The maximum Gasteiger partial charge on any atom is 0.269 e. The monoisotopic (exact) mass is 320 g/mol. The molecule has 2 N–H and O–H groups in total. The predicted octanol–water partition coefficient (Wildman–Crippen LogP) is 1.81. The van der Waals surface area contributed by atoms with E-state index in [0.29, 0.717) is 6.42 Å². The number of benzene rings is 1. The highest BCUT2D eigenvalue weighted by Crippen LogP contribution is 2.20. The van der Waals surface area contributed by atoms with Crippen LogP contribution in [0.25, 0.3) is 0 Å². The van der Waals surface area contributed by atoms with Gasteiger partial charge in [-0.15, -0.1) is 0 Å². The van der Waals surface area contributed by atoms with Crippen LogP contribution in [0.4, 0.5) is 5.69 Å². The number of non-ortho nitro benzene ring substituents is 1. The van der Waals surface area contributed by atoms with Crippen molar-refractivity contribution in [3.63, 3.8) is 0 Å². The van der Waals surface area contributed by atoms with Crippen LogP contribution in [0.3, 0.4) is 0 Å². The van der Waals surface area contributed by atoms with Gasteiger partial charge in [0.05, 0.1) is 17.6 Å². The summed E-state index contributed by atoms with van der Waals surface area (Å²) in [6.07, 6.45) is 0.310. The maximum atomic E-state index is 11.6. The Morgan fingerprint density at radius 2 is 2.00 bits per heavy atom. The van der Waals surface area contributed by atoms with Gasteiger partial charge in [0.2, 0.25) is 0 Å². The smallest absolute Gasteiger partial charge is 0.269 e. The molecule has 20 heavy (non-hydrogen) atoms. The highest BCUT2D eigenvalue weighted by molar-refractivity contribution is 6.57.